The molecule has 166 valence electrons. The average molecular weight is 440 g/mol. The maximum absolute atomic E-state index is 12.7. The molecule has 1 aliphatic heterocycles. The molecule has 33 heavy (non-hydrogen) atoms. The van der Waals surface area contributed by atoms with Gasteiger partial charge < -0.3 is 19.9 Å². The molecule has 0 aliphatic carbocycles. The second kappa shape index (κ2) is 9.49. The summed E-state index contributed by atoms with van der Waals surface area (Å²) >= 11 is 0. The van der Waals surface area contributed by atoms with Crippen LogP contribution in [0.2, 0.25) is 0 Å². The second-order valence-corrected chi connectivity index (χ2v) is 7.57. The molecule has 6 nitrogen and oxygen atoms in total. The molecular weight excluding hydrogens is 416 g/mol. The first-order valence-corrected chi connectivity index (χ1v) is 10.8. The van der Waals surface area contributed by atoms with E-state index in [2.05, 4.69) is 13.0 Å². The van der Waals surface area contributed by atoms with E-state index in [4.69, 9.17) is 19.9 Å². The fraction of sp³-hybridized carbons (Fsp3) is 0.185. The van der Waals surface area contributed by atoms with E-state index in [1.165, 1.54) is 5.56 Å². The van der Waals surface area contributed by atoms with Gasteiger partial charge in [0.2, 0.25) is 5.88 Å². The maximum atomic E-state index is 12.7. The third-order valence-corrected chi connectivity index (χ3v) is 5.50. The van der Waals surface area contributed by atoms with Crippen LogP contribution < -0.4 is 19.9 Å². The molecule has 0 spiro atoms. The van der Waals surface area contributed by atoms with Crippen molar-refractivity contribution in [3.63, 3.8) is 0 Å². The molecule has 0 bridgehead atoms. The number of hydrogen-bond donors (Lipinski definition) is 1. The Bertz CT molecular complexity index is 1260. The number of aryl methyl sites for hydroxylation is 1. The summed E-state index contributed by atoms with van der Waals surface area (Å²) in [4.78, 5) is 12.7. The van der Waals surface area contributed by atoms with E-state index in [9.17, 15) is 10.1 Å². The Labute approximate surface area is 192 Å². The number of ether oxygens (including phenoxy) is 3. The minimum atomic E-state index is -0.514. The Morgan fingerprint density at radius 1 is 1.06 bits per heavy atom. The van der Waals surface area contributed by atoms with Crippen LogP contribution in [0.1, 0.15) is 46.8 Å². The molecule has 4 rings (SSSR count). The number of benzene rings is 3. The van der Waals surface area contributed by atoms with Crippen LogP contribution in [0.5, 0.6) is 17.2 Å². The molecule has 0 saturated carbocycles. The zero-order valence-electron chi connectivity index (χ0n) is 18.5. The number of carbonyl (C=O) groups excluding carboxylic acids is 1. The minimum Gasteiger partial charge on any atom is -0.494 e. The first kappa shape index (κ1) is 22.0. The van der Waals surface area contributed by atoms with Crippen LogP contribution in [-0.4, -0.2) is 12.6 Å². The van der Waals surface area contributed by atoms with Crippen molar-refractivity contribution in [2.45, 2.75) is 26.2 Å². The van der Waals surface area contributed by atoms with Gasteiger partial charge in [0, 0.05) is 11.6 Å². The molecule has 2 N–H and O–H groups in total. The van der Waals surface area contributed by atoms with Crippen molar-refractivity contribution >= 4 is 5.97 Å². The second-order valence-electron chi connectivity index (χ2n) is 7.57. The zero-order chi connectivity index (χ0) is 23.4. The van der Waals surface area contributed by atoms with Crippen molar-refractivity contribution in [3.8, 4) is 23.3 Å². The van der Waals surface area contributed by atoms with Crippen molar-refractivity contribution in [3.05, 3.63) is 100 Å². The number of nitrogens with two attached hydrogens (primary N) is 1. The lowest BCUT2D eigenvalue weighted by atomic mass is 9.83. The number of carbonyl (C=O) groups is 1. The van der Waals surface area contributed by atoms with Crippen LogP contribution in [-0.2, 0) is 6.42 Å². The lowest BCUT2D eigenvalue weighted by Crippen LogP contribution is -2.21. The van der Waals surface area contributed by atoms with Gasteiger partial charge in [0.05, 0.1) is 18.1 Å². The molecule has 1 atom stereocenters. The molecule has 3 aromatic rings. The number of esters is 1. The van der Waals surface area contributed by atoms with Gasteiger partial charge in [0.1, 0.15) is 28.9 Å². The first-order valence-electron chi connectivity index (χ1n) is 10.8. The lowest BCUT2D eigenvalue weighted by molar-refractivity contribution is 0.0734. The van der Waals surface area contributed by atoms with Crippen LogP contribution in [0.25, 0.3) is 0 Å². The molecule has 6 heteroatoms. The van der Waals surface area contributed by atoms with Crippen LogP contribution in [0, 0.1) is 11.3 Å². The number of fused-ring (bicyclic) bond motifs is 1. The van der Waals surface area contributed by atoms with E-state index in [-0.39, 0.29) is 11.8 Å². The SMILES string of the molecule is CCOc1cccc(C(=O)Oc2ccc3c(c2)OC(N)=C(C#N)C3c2ccc(CC)cc2)c1. The third kappa shape index (κ3) is 4.53. The Hall–Kier alpha value is -4.24. The van der Waals surface area contributed by atoms with E-state index >= 15 is 0 Å². The molecule has 1 unspecified atom stereocenters. The number of hydrogen-bond acceptors (Lipinski definition) is 6. The van der Waals surface area contributed by atoms with Gasteiger partial charge in [-0.1, -0.05) is 43.3 Å². The molecule has 0 fully saturated rings. The van der Waals surface area contributed by atoms with Crippen molar-refractivity contribution in [1.82, 2.24) is 0 Å². The van der Waals surface area contributed by atoms with Crippen molar-refractivity contribution < 1.29 is 19.0 Å². The predicted molar refractivity (Wildman–Crippen MR) is 124 cm³/mol. The maximum Gasteiger partial charge on any atom is 0.343 e. The van der Waals surface area contributed by atoms with E-state index in [1.807, 2.05) is 31.2 Å². The smallest absolute Gasteiger partial charge is 0.343 e. The quantitative estimate of drug-likeness (QED) is 0.424. The van der Waals surface area contributed by atoms with Gasteiger partial charge in [-0.3, -0.25) is 0 Å². The zero-order valence-corrected chi connectivity index (χ0v) is 18.5. The van der Waals surface area contributed by atoms with Crippen molar-refractivity contribution in [2.24, 2.45) is 5.73 Å². The van der Waals surface area contributed by atoms with Crippen LogP contribution in [0.3, 0.4) is 0 Å². The van der Waals surface area contributed by atoms with E-state index in [0.717, 1.165) is 17.5 Å². The van der Waals surface area contributed by atoms with Gasteiger partial charge in [0.15, 0.2) is 0 Å². The molecular formula is C27H24N2O4. The van der Waals surface area contributed by atoms with Crippen LogP contribution in [0.15, 0.2) is 78.2 Å². The summed E-state index contributed by atoms with van der Waals surface area (Å²) in [5.41, 5.74) is 9.74. The highest BCUT2D eigenvalue weighted by molar-refractivity contribution is 5.91. The van der Waals surface area contributed by atoms with Gasteiger partial charge in [-0.15, -0.1) is 0 Å². The lowest BCUT2D eigenvalue weighted by Gasteiger charge is -2.26. The molecule has 1 aliphatic rings. The fourth-order valence-corrected chi connectivity index (χ4v) is 3.83. The van der Waals surface area contributed by atoms with Crippen molar-refractivity contribution in [1.29, 1.82) is 5.26 Å². The van der Waals surface area contributed by atoms with Gasteiger partial charge in [0.25, 0.3) is 0 Å². The normalized spacial score (nSPS) is 14.6. The highest BCUT2D eigenvalue weighted by atomic mass is 16.5. The Morgan fingerprint density at radius 3 is 2.55 bits per heavy atom. The highest BCUT2D eigenvalue weighted by Crippen LogP contribution is 2.43. The molecule has 3 aromatic carbocycles. The summed E-state index contributed by atoms with van der Waals surface area (Å²) in [6.07, 6.45) is 0.927. The number of allylic oxidation sites excluding steroid dienone is 1. The van der Waals surface area contributed by atoms with Gasteiger partial charge in [-0.05, 0) is 48.7 Å². The van der Waals surface area contributed by atoms with Crippen LogP contribution >= 0.6 is 0 Å². The number of nitriles is 1. The van der Waals surface area contributed by atoms with Crippen molar-refractivity contribution in [2.75, 3.05) is 6.61 Å². The predicted octanol–water partition coefficient (Wildman–Crippen LogP) is 5.09. The van der Waals surface area contributed by atoms with E-state index < -0.39 is 5.97 Å². The molecule has 1 heterocycles. The number of nitrogens with zero attached hydrogens (tertiary/aromatic N) is 1. The summed E-state index contributed by atoms with van der Waals surface area (Å²) in [5, 5.41) is 9.73. The average Bonchev–Trinajstić information content (AvgIpc) is 2.83. The van der Waals surface area contributed by atoms with Gasteiger partial charge in [-0.2, -0.15) is 5.26 Å². The summed E-state index contributed by atoms with van der Waals surface area (Å²) in [5.74, 6) is 0.526. The Morgan fingerprint density at radius 2 is 1.85 bits per heavy atom. The van der Waals surface area contributed by atoms with E-state index in [0.29, 0.717) is 35.0 Å². The summed E-state index contributed by atoms with van der Waals surface area (Å²) in [6.45, 7) is 4.47. The van der Waals surface area contributed by atoms with Gasteiger partial charge >= 0.3 is 5.97 Å². The Balaban J connectivity index is 1.64. The molecule has 0 radical (unpaired) electrons. The monoisotopic (exact) mass is 440 g/mol. The molecule has 0 amide bonds. The third-order valence-electron chi connectivity index (χ3n) is 5.50. The first-order chi connectivity index (χ1) is 16.0. The number of rotatable bonds is 6. The summed E-state index contributed by atoms with van der Waals surface area (Å²) in [7, 11) is 0. The molecule has 0 saturated heterocycles. The minimum absolute atomic E-state index is 0.0439. The standard InChI is InChI=1S/C27H24N2O4/c1-3-17-8-10-18(11-9-17)25-22-13-12-21(15-24(22)33-26(29)23(25)16-28)32-27(30)19-6-5-7-20(14-19)31-4-2/h5-15,25H,3-4,29H2,1-2H3. The largest absolute Gasteiger partial charge is 0.494 e. The molecule has 0 aromatic heterocycles. The topological polar surface area (TPSA) is 94.6 Å². The van der Waals surface area contributed by atoms with Gasteiger partial charge in [-0.25, -0.2) is 4.79 Å². The Kier molecular flexibility index (Phi) is 6.32. The summed E-state index contributed by atoms with van der Waals surface area (Å²) < 4.78 is 16.7. The fourth-order valence-electron chi connectivity index (χ4n) is 3.83. The summed E-state index contributed by atoms with van der Waals surface area (Å²) in [6, 6.07) is 22.2. The van der Waals surface area contributed by atoms with Crippen LogP contribution in [0.4, 0.5) is 0 Å². The van der Waals surface area contributed by atoms with E-state index in [1.54, 1.807) is 42.5 Å². The highest BCUT2D eigenvalue weighted by Gasteiger charge is 2.31.